The zero-order chi connectivity index (χ0) is 21.5. The van der Waals surface area contributed by atoms with Crippen LogP contribution in [0.2, 0.25) is 0 Å². The maximum atomic E-state index is 12.0. The highest BCUT2D eigenvalue weighted by atomic mass is 16.5. The number of benzene rings is 1. The van der Waals surface area contributed by atoms with Crippen LogP contribution in [-0.4, -0.2) is 18.3 Å². The van der Waals surface area contributed by atoms with Gasteiger partial charge in [0.2, 0.25) is 5.91 Å². The van der Waals surface area contributed by atoms with Gasteiger partial charge < -0.3 is 10.1 Å². The number of carbonyl (C=O) groups excluding carboxylic acids is 2. The number of ether oxygens (including phenoxy) is 1. The Labute approximate surface area is 177 Å². The third-order valence-electron chi connectivity index (χ3n) is 4.95. The molecule has 0 unspecified atom stereocenters. The van der Waals surface area contributed by atoms with E-state index < -0.39 is 0 Å². The highest BCUT2D eigenvalue weighted by molar-refractivity contribution is 5.80. The topological polar surface area (TPSA) is 55.4 Å². The molecule has 0 spiro atoms. The molecule has 1 aromatic rings. The summed E-state index contributed by atoms with van der Waals surface area (Å²) in [5, 5.41) is 3.00. The number of Topliss-reactive ketones (excluding diaryl/α,β-unsaturated/α-hetero) is 1. The average Bonchev–Trinajstić information content (AvgIpc) is 2.68. The summed E-state index contributed by atoms with van der Waals surface area (Å²) < 4.78 is 5.64. The third kappa shape index (κ3) is 13.2. The average molecular weight is 404 g/mol. The van der Waals surface area contributed by atoms with E-state index in [1.54, 1.807) is 0 Å². The highest BCUT2D eigenvalue weighted by Crippen LogP contribution is 2.11. The van der Waals surface area contributed by atoms with Gasteiger partial charge in [-0.15, -0.1) is 0 Å². The lowest BCUT2D eigenvalue weighted by molar-refractivity contribution is -0.122. The van der Waals surface area contributed by atoms with Gasteiger partial charge in [-0.05, 0) is 29.9 Å². The summed E-state index contributed by atoms with van der Waals surface area (Å²) in [4.78, 5) is 23.5. The molecule has 0 saturated heterocycles. The second-order valence-electron chi connectivity index (χ2n) is 8.74. The van der Waals surface area contributed by atoms with Gasteiger partial charge in [-0.25, -0.2) is 0 Å². The van der Waals surface area contributed by atoms with Crippen LogP contribution >= 0.6 is 0 Å². The minimum absolute atomic E-state index is 0.122. The van der Waals surface area contributed by atoms with Gasteiger partial charge in [0.15, 0.2) is 0 Å². The van der Waals surface area contributed by atoms with Crippen LogP contribution in [0.1, 0.15) is 90.2 Å². The van der Waals surface area contributed by atoms with Crippen molar-refractivity contribution >= 4 is 11.7 Å². The van der Waals surface area contributed by atoms with Gasteiger partial charge >= 0.3 is 0 Å². The monoisotopic (exact) mass is 403 g/mol. The van der Waals surface area contributed by atoms with Gasteiger partial charge in [-0.1, -0.05) is 77.6 Å². The molecule has 1 aromatic carbocycles. The van der Waals surface area contributed by atoms with Gasteiger partial charge in [0.05, 0.1) is 6.61 Å². The Balaban J connectivity index is 2.04. The number of nitrogens with one attached hydrogen (secondary N) is 1. The smallest absolute Gasteiger partial charge is 0.220 e. The Hall–Kier alpha value is -1.68. The minimum Gasteiger partial charge on any atom is -0.377 e. The van der Waals surface area contributed by atoms with Gasteiger partial charge in [0.1, 0.15) is 5.78 Å². The van der Waals surface area contributed by atoms with E-state index in [-0.39, 0.29) is 11.8 Å². The van der Waals surface area contributed by atoms with Gasteiger partial charge in [-0.2, -0.15) is 0 Å². The Bertz CT molecular complexity index is 578. The summed E-state index contributed by atoms with van der Waals surface area (Å²) in [5.74, 6) is 1.20. The lowest BCUT2D eigenvalue weighted by atomic mass is 10.0. The molecule has 29 heavy (non-hydrogen) atoms. The Kier molecular flexibility index (Phi) is 13.3. The van der Waals surface area contributed by atoms with E-state index in [0.29, 0.717) is 37.7 Å². The molecule has 0 heterocycles. The van der Waals surface area contributed by atoms with E-state index in [1.165, 1.54) is 0 Å². The van der Waals surface area contributed by atoms with Crippen LogP contribution in [-0.2, 0) is 27.5 Å². The molecular weight excluding hydrogens is 362 g/mol. The number of rotatable bonds is 16. The second kappa shape index (κ2) is 15.2. The van der Waals surface area contributed by atoms with Crippen molar-refractivity contribution in [3.63, 3.8) is 0 Å². The van der Waals surface area contributed by atoms with Crippen molar-refractivity contribution in [1.82, 2.24) is 5.32 Å². The van der Waals surface area contributed by atoms with Gasteiger partial charge in [-0.3, -0.25) is 9.59 Å². The van der Waals surface area contributed by atoms with E-state index >= 15 is 0 Å². The second-order valence-corrected chi connectivity index (χ2v) is 8.74. The van der Waals surface area contributed by atoms with E-state index in [4.69, 9.17) is 4.74 Å². The lowest BCUT2D eigenvalue weighted by Gasteiger charge is -2.09. The molecule has 0 fully saturated rings. The lowest BCUT2D eigenvalue weighted by Crippen LogP contribution is -2.22. The number of ketones is 1. The Morgan fingerprint density at radius 3 is 1.97 bits per heavy atom. The quantitative estimate of drug-likeness (QED) is 0.354. The molecule has 1 N–H and O–H groups in total. The zero-order valence-electron chi connectivity index (χ0n) is 19.0. The fraction of sp³-hybridized carbons (Fsp3) is 0.680. The molecule has 1 rings (SSSR count). The van der Waals surface area contributed by atoms with Crippen LogP contribution in [0.5, 0.6) is 0 Å². The van der Waals surface area contributed by atoms with Crippen molar-refractivity contribution in [3.05, 3.63) is 35.4 Å². The van der Waals surface area contributed by atoms with Crippen LogP contribution in [0.3, 0.4) is 0 Å². The van der Waals surface area contributed by atoms with Crippen LogP contribution in [0.25, 0.3) is 0 Å². The standard InChI is InChI=1S/C25H41NO3/c1-20(2)18-29-19-23-15-13-22(14-16-23)17-26-25(28)12-10-8-6-5-7-9-11-24(27)21(3)4/h13-16,20-21H,5-12,17-19H2,1-4H3,(H,26,28). The first-order chi connectivity index (χ1) is 13.9. The van der Waals surface area contributed by atoms with Gasteiger partial charge in [0.25, 0.3) is 0 Å². The fourth-order valence-electron chi connectivity index (χ4n) is 3.04. The van der Waals surface area contributed by atoms with Crippen LogP contribution in [0.4, 0.5) is 0 Å². The molecule has 1 amide bonds. The third-order valence-corrected chi connectivity index (χ3v) is 4.95. The maximum absolute atomic E-state index is 12.0. The van der Waals surface area contributed by atoms with Crippen molar-refractivity contribution < 1.29 is 14.3 Å². The number of carbonyl (C=O) groups is 2. The summed E-state index contributed by atoms with van der Waals surface area (Å²) in [6.45, 7) is 10.2. The zero-order valence-corrected chi connectivity index (χ0v) is 19.0. The SMILES string of the molecule is CC(C)COCc1ccc(CNC(=O)CCCCCCCCC(=O)C(C)C)cc1. The molecule has 4 heteroatoms. The summed E-state index contributed by atoms with van der Waals surface area (Å²) in [7, 11) is 0. The van der Waals surface area contributed by atoms with E-state index in [9.17, 15) is 9.59 Å². The van der Waals surface area contributed by atoms with Crippen molar-refractivity contribution in [3.8, 4) is 0 Å². The summed E-state index contributed by atoms with van der Waals surface area (Å²) in [6.07, 6.45) is 7.73. The van der Waals surface area contributed by atoms with Crippen molar-refractivity contribution in [1.29, 1.82) is 0 Å². The Morgan fingerprint density at radius 1 is 0.828 bits per heavy atom. The van der Waals surface area contributed by atoms with Crippen molar-refractivity contribution in [2.45, 2.75) is 92.2 Å². The van der Waals surface area contributed by atoms with E-state index in [1.807, 2.05) is 13.8 Å². The number of amides is 1. The molecule has 4 nitrogen and oxygen atoms in total. The fourth-order valence-corrected chi connectivity index (χ4v) is 3.04. The summed E-state index contributed by atoms with van der Waals surface area (Å²) in [5.41, 5.74) is 2.27. The molecule has 0 aliphatic heterocycles. The molecule has 0 radical (unpaired) electrons. The predicted molar refractivity (Wildman–Crippen MR) is 120 cm³/mol. The van der Waals surface area contributed by atoms with E-state index in [0.717, 1.165) is 56.3 Å². The summed E-state index contributed by atoms with van der Waals surface area (Å²) >= 11 is 0. The highest BCUT2D eigenvalue weighted by Gasteiger charge is 2.06. The number of hydrogen-bond donors (Lipinski definition) is 1. The first-order valence-corrected chi connectivity index (χ1v) is 11.3. The molecule has 0 atom stereocenters. The molecule has 0 aromatic heterocycles. The van der Waals surface area contributed by atoms with Crippen LogP contribution < -0.4 is 5.32 Å². The number of unbranched alkanes of at least 4 members (excludes halogenated alkanes) is 5. The first-order valence-electron chi connectivity index (χ1n) is 11.3. The number of hydrogen-bond acceptors (Lipinski definition) is 3. The predicted octanol–water partition coefficient (Wildman–Crippen LogP) is 5.82. The molecule has 0 aliphatic rings. The van der Waals surface area contributed by atoms with Crippen LogP contribution in [0.15, 0.2) is 24.3 Å². The van der Waals surface area contributed by atoms with Crippen molar-refractivity contribution in [2.24, 2.45) is 11.8 Å². The Morgan fingerprint density at radius 2 is 1.38 bits per heavy atom. The molecular formula is C25H41NO3. The summed E-state index contributed by atoms with van der Waals surface area (Å²) in [6, 6.07) is 8.24. The van der Waals surface area contributed by atoms with E-state index in [2.05, 4.69) is 43.4 Å². The maximum Gasteiger partial charge on any atom is 0.220 e. The molecule has 0 saturated carbocycles. The van der Waals surface area contributed by atoms with Crippen LogP contribution in [0, 0.1) is 11.8 Å². The van der Waals surface area contributed by atoms with Gasteiger partial charge in [0, 0.05) is 31.9 Å². The molecule has 164 valence electrons. The molecule has 0 bridgehead atoms. The minimum atomic E-state index is 0.122. The first kappa shape index (κ1) is 25.4. The largest absolute Gasteiger partial charge is 0.377 e. The molecule has 0 aliphatic carbocycles. The van der Waals surface area contributed by atoms with Crippen molar-refractivity contribution in [2.75, 3.05) is 6.61 Å². The normalized spacial score (nSPS) is 11.2.